The van der Waals surface area contributed by atoms with E-state index in [0.29, 0.717) is 0 Å². The Labute approximate surface area is 66.1 Å². The van der Waals surface area contributed by atoms with Gasteiger partial charge in [0, 0.05) is 0 Å². The molecule has 0 saturated heterocycles. The first-order chi connectivity index (χ1) is 5.36. The molecule has 0 bridgehead atoms. The second kappa shape index (κ2) is 2.65. The van der Waals surface area contributed by atoms with Gasteiger partial charge >= 0.3 is 0 Å². The van der Waals surface area contributed by atoms with E-state index in [1.54, 1.807) is 12.1 Å². The fraction of sp³-hybridized carbons (Fsp3) is 0.400. The average Bonchev–Trinajstić information content (AvgIpc) is 1.90. The van der Waals surface area contributed by atoms with Gasteiger partial charge in [0.2, 0.25) is 0 Å². The molecule has 1 saturated carbocycles. The highest BCUT2D eigenvalue weighted by molar-refractivity contribution is 5.21. The molecule has 58 valence electrons. The summed E-state index contributed by atoms with van der Waals surface area (Å²) in [4.78, 5) is 0. The van der Waals surface area contributed by atoms with Gasteiger partial charge in [-0.05, 0) is 36.5 Å². The summed E-state index contributed by atoms with van der Waals surface area (Å²) in [5.41, 5.74) is 1.30. The van der Waals surface area contributed by atoms with E-state index in [-0.39, 0.29) is 5.82 Å². The van der Waals surface area contributed by atoms with Crippen molar-refractivity contribution in [2.75, 3.05) is 0 Å². The van der Waals surface area contributed by atoms with Crippen LogP contribution < -0.4 is 0 Å². The molecule has 0 amide bonds. The Balaban J connectivity index is 2.18. The maximum absolute atomic E-state index is 12.5. The molecule has 1 aromatic carbocycles. The zero-order valence-electron chi connectivity index (χ0n) is 6.39. The van der Waals surface area contributed by atoms with E-state index in [9.17, 15) is 4.39 Å². The quantitative estimate of drug-likeness (QED) is 0.577. The van der Waals surface area contributed by atoms with Crippen molar-refractivity contribution >= 4 is 0 Å². The first-order valence-electron chi connectivity index (χ1n) is 4.12. The topological polar surface area (TPSA) is 0 Å². The molecule has 0 heterocycles. The van der Waals surface area contributed by atoms with Crippen molar-refractivity contribution < 1.29 is 4.39 Å². The Kier molecular flexibility index (Phi) is 1.65. The number of rotatable bonds is 1. The molecule has 0 N–H and O–H groups in total. The highest BCUT2D eigenvalue weighted by Gasteiger charge is 2.18. The first-order valence-corrected chi connectivity index (χ1v) is 4.12. The zero-order chi connectivity index (χ0) is 7.68. The van der Waals surface area contributed by atoms with Crippen LogP contribution in [-0.2, 0) is 0 Å². The highest BCUT2D eigenvalue weighted by atomic mass is 19.1. The van der Waals surface area contributed by atoms with Gasteiger partial charge in [-0.2, -0.15) is 0 Å². The third-order valence-corrected chi connectivity index (χ3v) is 2.45. The third kappa shape index (κ3) is 1.28. The van der Waals surface area contributed by atoms with Gasteiger partial charge in [-0.3, -0.25) is 0 Å². The Hall–Kier alpha value is -0.850. The lowest BCUT2D eigenvalue weighted by atomic mass is 9.80. The standard InChI is InChI=1S/C10H11F/c11-10-6-4-9(5-7-10)8-2-1-3-8/h4-8H,1-3H2. The van der Waals surface area contributed by atoms with Crippen molar-refractivity contribution in [1.29, 1.82) is 0 Å². The van der Waals surface area contributed by atoms with Gasteiger partial charge in [-0.1, -0.05) is 18.6 Å². The van der Waals surface area contributed by atoms with E-state index in [2.05, 4.69) is 0 Å². The van der Waals surface area contributed by atoms with Crippen molar-refractivity contribution in [3.63, 3.8) is 0 Å². The van der Waals surface area contributed by atoms with Crippen molar-refractivity contribution in [2.45, 2.75) is 25.2 Å². The SMILES string of the molecule is Fc1ccc(C2CCC2)cc1. The van der Waals surface area contributed by atoms with E-state index >= 15 is 0 Å². The van der Waals surface area contributed by atoms with Crippen LogP contribution in [0.4, 0.5) is 4.39 Å². The van der Waals surface area contributed by atoms with E-state index in [4.69, 9.17) is 0 Å². The zero-order valence-corrected chi connectivity index (χ0v) is 6.39. The Morgan fingerprint density at radius 1 is 1.09 bits per heavy atom. The first kappa shape index (κ1) is 6.84. The molecule has 0 aliphatic heterocycles. The Morgan fingerprint density at radius 2 is 1.73 bits per heavy atom. The summed E-state index contributed by atoms with van der Waals surface area (Å²) in [7, 11) is 0. The summed E-state index contributed by atoms with van der Waals surface area (Å²) >= 11 is 0. The summed E-state index contributed by atoms with van der Waals surface area (Å²) in [6.45, 7) is 0. The summed E-state index contributed by atoms with van der Waals surface area (Å²) in [6.07, 6.45) is 3.90. The van der Waals surface area contributed by atoms with Crippen LogP contribution in [0.25, 0.3) is 0 Å². The smallest absolute Gasteiger partial charge is 0.123 e. The van der Waals surface area contributed by atoms with Crippen LogP contribution in [0.1, 0.15) is 30.7 Å². The molecule has 1 fully saturated rings. The van der Waals surface area contributed by atoms with Gasteiger partial charge in [-0.15, -0.1) is 0 Å². The lowest BCUT2D eigenvalue weighted by Gasteiger charge is -2.25. The summed E-state index contributed by atoms with van der Waals surface area (Å²) in [6, 6.07) is 6.90. The van der Waals surface area contributed by atoms with Gasteiger partial charge in [0.15, 0.2) is 0 Å². The lowest BCUT2D eigenvalue weighted by Crippen LogP contribution is -2.08. The number of hydrogen-bond acceptors (Lipinski definition) is 0. The molecule has 0 unspecified atom stereocenters. The molecule has 0 aromatic heterocycles. The molecule has 1 heteroatoms. The van der Waals surface area contributed by atoms with E-state index in [1.807, 2.05) is 12.1 Å². The van der Waals surface area contributed by atoms with Crippen LogP contribution in [0.3, 0.4) is 0 Å². The number of benzene rings is 1. The largest absolute Gasteiger partial charge is 0.207 e. The fourth-order valence-corrected chi connectivity index (χ4v) is 1.48. The van der Waals surface area contributed by atoms with Crippen molar-refractivity contribution in [3.8, 4) is 0 Å². The predicted octanol–water partition coefficient (Wildman–Crippen LogP) is 3.09. The second-order valence-electron chi connectivity index (χ2n) is 3.18. The van der Waals surface area contributed by atoms with Crippen LogP contribution in [0.2, 0.25) is 0 Å². The van der Waals surface area contributed by atoms with Crippen LogP contribution >= 0.6 is 0 Å². The third-order valence-electron chi connectivity index (χ3n) is 2.45. The molecular weight excluding hydrogens is 139 g/mol. The summed E-state index contributed by atoms with van der Waals surface area (Å²) < 4.78 is 12.5. The van der Waals surface area contributed by atoms with Crippen LogP contribution in [-0.4, -0.2) is 0 Å². The Morgan fingerprint density at radius 3 is 2.18 bits per heavy atom. The molecular formula is C10H11F. The highest BCUT2D eigenvalue weighted by Crippen LogP contribution is 2.35. The monoisotopic (exact) mass is 150 g/mol. The molecule has 0 spiro atoms. The number of hydrogen-bond donors (Lipinski definition) is 0. The van der Waals surface area contributed by atoms with Crippen LogP contribution in [0.15, 0.2) is 24.3 Å². The summed E-state index contributed by atoms with van der Waals surface area (Å²) in [5.74, 6) is 0.587. The summed E-state index contributed by atoms with van der Waals surface area (Å²) in [5, 5.41) is 0. The normalized spacial score (nSPS) is 17.9. The maximum atomic E-state index is 12.5. The van der Waals surface area contributed by atoms with Gasteiger partial charge in [-0.25, -0.2) is 4.39 Å². The molecule has 0 nitrogen and oxygen atoms in total. The Bertz CT molecular complexity index is 234. The maximum Gasteiger partial charge on any atom is 0.123 e. The molecule has 1 aliphatic carbocycles. The van der Waals surface area contributed by atoms with Crippen LogP contribution in [0, 0.1) is 5.82 Å². The van der Waals surface area contributed by atoms with E-state index in [1.165, 1.54) is 24.8 Å². The molecule has 1 aliphatic rings. The van der Waals surface area contributed by atoms with Gasteiger partial charge in [0.05, 0.1) is 0 Å². The van der Waals surface area contributed by atoms with E-state index < -0.39 is 0 Å². The number of halogens is 1. The minimum Gasteiger partial charge on any atom is -0.207 e. The molecule has 2 rings (SSSR count). The lowest BCUT2D eigenvalue weighted by molar-refractivity contribution is 0.419. The molecule has 11 heavy (non-hydrogen) atoms. The van der Waals surface area contributed by atoms with Crippen molar-refractivity contribution in [2.24, 2.45) is 0 Å². The predicted molar refractivity (Wildman–Crippen MR) is 43.0 cm³/mol. The van der Waals surface area contributed by atoms with Crippen LogP contribution in [0.5, 0.6) is 0 Å². The molecule has 1 aromatic rings. The van der Waals surface area contributed by atoms with E-state index in [0.717, 1.165) is 5.92 Å². The molecule has 0 atom stereocenters. The van der Waals surface area contributed by atoms with Crippen molar-refractivity contribution in [3.05, 3.63) is 35.6 Å². The van der Waals surface area contributed by atoms with Gasteiger partial charge < -0.3 is 0 Å². The average molecular weight is 150 g/mol. The fourth-order valence-electron chi connectivity index (χ4n) is 1.48. The van der Waals surface area contributed by atoms with Gasteiger partial charge in [0.25, 0.3) is 0 Å². The van der Waals surface area contributed by atoms with Crippen molar-refractivity contribution in [1.82, 2.24) is 0 Å². The second-order valence-corrected chi connectivity index (χ2v) is 3.18. The van der Waals surface area contributed by atoms with Gasteiger partial charge in [0.1, 0.15) is 5.82 Å². The minimum absolute atomic E-state index is 0.131. The molecule has 0 radical (unpaired) electrons. The minimum atomic E-state index is -0.131.